The number of aromatic nitrogens is 2. The summed E-state index contributed by atoms with van der Waals surface area (Å²) in [6, 6.07) is 4.89. The lowest BCUT2D eigenvalue weighted by Gasteiger charge is -2.36. The molecule has 6 nitrogen and oxygen atoms in total. The molecule has 0 atom stereocenters. The van der Waals surface area contributed by atoms with Gasteiger partial charge in [-0.15, -0.1) is 0 Å². The second-order valence-corrected chi connectivity index (χ2v) is 6.97. The number of ether oxygens (including phenoxy) is 1. The van der Waals surface area contributed by atoms with E-state index in [9.17, 15) is 4.79 Å². The maximum absolute atomic E-state index is 12.1. The first-order valence-corrected chi connectivity index (χ1v) is 8.55. The summed E-state index contributed by atoms with van der Waals surface area (Å²) in [5, 5.41) is 4.91. The minimum Gasteiger partial charge on any atom is -0.482 e. The lowest BCUT2D eigenvalue weighted by molar-refractivity contribution is -0.138. The molecular weight excluding hydrogens is 353 g/mol. The van der Waals surface area contributed by atoms with Crippen LogP contribution in [-0.4, -0.2) is 40.6 Å². The molecule has 0 N–H and O–H groups in total. The van der Waals surface area contributed by atoms with Gasteiger partial charge < -0.3 is 14.2 Å². The maximum Gasteiger partial charge on any atom is 0.260 e. The van der Waals surface area contributed by atoms with Crippen molar-refractivity contribution in [3.05, 3.63) is 40.0 Å². The van der Waals surface area contributed by atoms with Gasteiger partial charge in [-0.1, -0.05) is 28.4 Å². The lowest BCUT2D eigenvalue weighted by Crippen LogP contribution is -2.50. The van der Waals surface area contributed by atoms with Gasteiger partial charge in [-0.3, -0.25) is 4.79 Å². The largest absolute Gasteiger partial charge is 0.482 e. The molecule has 126 valence electrons. The second kappa shape index (κ2) is 6.26. The van der Waals surface area contributed by atoms with Crippen LogP contribution in [0.25, 0.3) is 0 Å². The van der Waals surface area contributed by atoms with Gasteiger partial charge in [0, 0.05) is 24.0 Å². The Kier molecular flexibility index (Phi) is 4.10. The Morgan fingerprint density at radius 3 is 2.79 bits per heavy atom. The first-order chi connectivity index (χ1) is 11.6. The number of carbonyl (C=O) groups is 1. The van der Waals surface area contributed by atoms with E-state index >= 15 is 0 Å². The van der Waals surface area contributed by atoms with Crippen LogP contribution >= 0.6 is 23.2 Å². The van der Waals surface area contributed by atoms with E-state index < -0.39 is 0 Å². The molecule has 2 fully saturated rings. The highest BCUT2D eigenvalue weighted by atomic mass is 35.5. The molecule has 2 aromatic rings. The van der Waals surface area contributed by atoms with E-state index in [0.29, 0.717) is 40.7 Å². The quantitative estimate of drug-likeness (QED) is 0.810. The van der Waals surface area contributed by atoms with E-state index in [1.165, 1.54) is 0 Å². The molecule has 24 heavy (non-hydrogen) atoms. The van der Waals surface area contributed by atoms with Crippen LogP contribution in [0.3, 0.4) is 0 Å². The number of likely N-dealkylation sites (tertiary alicyclic amines) is 1. The van der Waals surface area contributed by atoms with E-state index in [-0.39, 0.29) is 18.4 Å². The van der Waals surface area contributed by atoms with Gasteiger partial charge in [0.25, 0.3) is 5.91 Å². The Morgan fingerprint density at radius 2 is 2.08 bits per heavy atom. The molecule has 1 saturated carbocycles. The van der Waals surface area contributed by atoms with Crippen molar-refractivity contribution in [2.75, 3.05) is 19.7 Å². The topological polar surface area (TPSA) is 68.5 Å². The average Bonchev–Trinajstić information content (AvgIpc) is 3.24. The van der Waals surface area contributed by atoms with Crippen LogP contribution in [-0.2, 0) is 4.79 Å². The van der Waals surface area contributed by atoms with E-state index in [1.54, 1.807) is 23.1 Å². The van der Waals surface area contributed by atoms with E-state index in [4.69, 9.17) is 32.5 Å². The van der Waals surface area contributed by atoms with Crippen molar-refractivity contribution < 1.29 is 14.1 Å². The van der Waals surface area contributed by atoms with Crippen molar-refractivity contribution in [2.45, 2.75) is 24.7 Å². The zero-order valence-corrected chi connectivity index (χ0v) is 14.3. The van der Waals surface area contributed by atoms with Gasteiger partial charge in [-0.25, -0.2) is 0 Å². The number of benzene rings is 1. The lowest BCUT2D eigenvalue weighted by atomic mass is 10.0. The van der Waals surface area contributed by atoms with Crippen molar-refractivity contribution in [1.82, 2.24) is 15.0 Å². The monoisotopic (exact) mass is 367 g/mol. The molecule has 0 bridgehead atoms. The van der Waals surface area contributed by atoms with E-state index in [2.05, 4.69) is 10.1 Å². The van der Waals surface area contributed by atoms with Crippen LogP contribution in [0.1, 0.15) is 36.4 Å². The summed E-state index contributed by atoms with van der Waals surface area (Å²) in [7, 11) is 0. The SMILES string of the molecule is O=C(COc1ccc(Cl)cc1Cl)N1CC(c2nc(C3CC3)no2)C1. The molecule has 2 aliphatic rings. The number of amides is 1. The highest BCUT2D eigenvalue weighted by Crippen LogP contribution is 2.39. The Bertz CT molecular complexity index is 770. The molecule has 1 aliphatic heterocycles. The number of hydrogen-bond donors (Lipinski definition) is 0. The molecule has 1 amide bonds. The number of rotatable bonds is 5. The summed E-state index contributed by atoms with van der Waals surface area (Å²) in [4.78, 5) is 18.3. The number of halogens is 2. The van der Waals surface area contributed by atoms with Crippen molar-refractivity contribution in [2.24, 2.45) is 0 Å². The summed E-state index contributed by atoms with van der Waals surface area (Å²) < 4.78 is 10.8. The third kappa shape index (κ3) is 3.21. The minimum atomic E-state index is -0.0980. The molecule has 1 aliphatic carbocycles. The normalized spacial score (nSPS) is 17.7. The summed E-state index contributed by atoms with van der Waals surface area (Å²) in [6.45, 7) is 1.08. The fourth-order valence-corrected chi connectivity index (χ4v) is 3.04. The molecule has 0 unspecified atom stereocenters. The molecule has 4 rings (SSSR count). The maximum atomic E-state index is 12.1. The summed E-state index contributed by atoms with van der Waals surface area (Å²) in [5.74, 6) is 2.36. The summed E-state index contributed by atoms with van der Waals surface area (Å²) in [6.07, 6.45) is 2.28. The molecule has 1 aromatic carbocycles. The third-order valence-corrected chi connectivity index (χ3v) is 4.76. The molecule has 8 heteroatoms. The van der Waals surface area contributed by atoms with Gasteiger partial charge >= 0.3 is 0 Å². The van der Waals surface area contributed by atoms with Gasteiger partial charge in [-0.2, -0.15) is 4.98 Å². The predicted molar refractivity (Wildman–Crippen MR) is 87.6 cm³/mol. The standard InChI is InChI=1S/C16H15Cl2N3O3/c17-11-3-4-13(12(18)5-11)23-8-14(22)21-6-10(7-21)16-19-15(20-24-16)9-1-2-9/h3-5,9-10H,1-2,6-8H2. The van der Waals surface area contributed by atoms with Crippen LogP contribution in [0.5, 0.6) is 5.75 Å². The Hall–Kier alpha value is -1.79. The zero-order chi connectivity index (χ0) is 16.7. The van der Waals surface area contributed by atoms with Gasteiger partial charge in [0.05, 0.1) is 10.9 Å². The zero-order valence-electron chi connectivity index (χ0n) is 12.7. The summed E-state index contributed by atoms with van der Waals surface area (Å²) >= 11 is 11.8. The van der Waals surface area contributed by atoms with Crippen molar-refractivity contribution in [3.63, 3.8) is 0 Å². The smallest absolute Gasteiger partial charge is 0.260 e. The highest BCUT2D eigenvalue weighted by molar-refractivity contribution is 6.35. The van der Waals surface area contributed by atoms with Crippen LogP contribution in [0.4, 0.5) is 0 Å². The number of nitrogens with zero attached hydrogens (tertiary/aromatic N) is 3. The summed E-state index contributed by atoms with van der Waals surface area (Å²) in [5.41, 5.74) is 0. The molecule has 0 spiro atoms. The molecule has 2 heterocycles. The predicted octanol–water partition coefficient (Wildman–Crippen LogP) is 3.26. The fraction of sp³-hybridized carbons (Fsp3) is 0.438. The first kappa shape index (κ1) is 15.7. The van der Waals surface area contributed by atoms with Crippen LogP contribution in [0.2, 0.25) is 10.0 Å². The third-order valence-electron chi connectivity index (χ3n) is 4.23. The van der Waals surface area contributed by atoms with Crippen LogP contribution in [0.15, 0.2) is 22.7 Å². The van der Waals surface area contributed by atoms with Crippen LogP contribution in [0, 0.1) is 0 Å². The molecule has 1 aromatic heterocycles. The highest BCUT2D eigenvalue weighted by Gasteiger charge is 2.37. The van der Waals surface area contributed by atoms with Gasteiger partial charge in [0.1, 0.15) is 5.75 Å². The number of hydrogen-bond acceptors (Lipinski definition) is 5. The molecule has 1 saturated heterocycles. The Morgan fingerprint density at radius 1 is 1.29 bits per heavy atom. The number of carbonyl (C=O) groups excluding carboxylic acids is 1. The van der Waals surface area contributed by atoms with Gasteiger partial charge in [0.15, 0.2) is 12.4 Å². The van der Waals surface area contributed by atoms with E-state index in [0.717, 1.165) is 18.7 Å². The average molecular weight is 368 g/mol. The van der Waals surface area contributed by atoms with Crippen molar-refractivity contribution >= 4 is 29.1 Å². The first-order valence-electron chi connectivity index (χ1n) is 7.79. The Labute approximate surface area is 148 Å². The molecular formula is C16H15Cl2N3O3. The fourth-order valence-electron chi connectivity index (χ4n) is 2.58. The minimum absolute atomic E-state index is 0.0643. The van der Waals surface area contributed by atoms with Gasteiger partial charge in [-0.05, 0) is 31.0 Å². The molecule has 0 radical (unpaired) electrons. The van der Waals surface area contributed by atoms with Crippen LogP contribution < -0.4 is 4.74 Å². The van der Waals surface area contributed by atoms with Crippen molar-refractivity contribution in [1.29, 1.82) is 0 Å². The van der Waals surface area contributed by atoms with Crippen molar-refractivity contribution in [3.8, 4) is 5.75 Å². The van der Waals surface area contributed by atoms with E-state index in [1.807, 2.05) is 0 Å². The Balaban J connectivity index is 1.27. The second-order valence-electron chi connectivity index (χ2n) is 6.12. The van der Waals surface area contributed by atoms with Gasteiger partial charge in [0.2, 0.25) is 5.89 Å².